The lowest BCUT2D eigenvalue weighted by Crippen LogP contribution is -2.25. The van der Waals surface area contributed by atoms with E-state index >= 15 is 0 Å². The lowest BCUT2D eigenvalue weighted by atomic mass is 10.1. The van der Waals surface area contributed by atoms with E-state index in [0.29, 0.717) is 28.7 Å². The molecule has 1 N–H and O–H groups in total. The van der Waals surface area contributed by atoms with Crippen LogP contribution in [0.2, 0.25) is 0 Å². The smallest absolute Gasteiger partial charge is 0.275 e. The number of hydrogen-bond acceptors (Lipinski definition) is 5. The molecule has 0 radical (unpaired) electrons. The molecule has 2 heterocycles. The van der Waals surface area contributed by atoms with Crippen LogP contribution in [0.5, 0.6) is 5.75 Å². The molecule has 0 fully saturated rings. The van der Waals surface area contributed by atoms with Crippen LogP contribution in [-0.2, 0) is 11.3 Å². The number of hydrogen-bond donors (Lipinski definition) is 1. The minimum absolute atomic E-state index is 0.0151. The number of aryl methyl sites for hydroxylation is 2. The summed E-state index contributed by atoms with van der Waals surface area (Å²) in [6.45, 7) is 3.73. The highest BCUT2D eigenvalue weighted by Crippen LogP contribution is 2.19. The molecule has 8 nitrogen and oxygen atoms in total. The third-order valence-corrected chi connectivity index (χ3v) is 4.73. The van der Waals surface area contributed by atoms with Crippen molar-refractivity contribution < 1.29 is 9.53 Å². The van der Waals surface area contributed by atoms with Crippen molar-refractivity contribution in [1.82, 2.24) is 19.2 Å². The Morgan fingerprint density at radius 2 is 1.90 bits per heavy atom. The van der Waals surface area contributed by atoms with Crippen molar-refractivity contribution in [1.29, 1.82) is 0 Å². The number of benzene rings is 2. The Kier molecular flexibility index (Phi) is 5.05. The number of aromatic nitrogens is 4. The van der Waals surface area contributed by atoms with E-state index in [9.17, 15) is 9.59 Å². The third-order valence-electron chi connectivity index (χ3n) is 4.73. The highest BCUT2D eigenvalue weighted by molar-refractivity contribution is 5.91. The fraction of sp³-hybridized carbons (Fsp3) is 0.182. The highest BCUT2D eigenvalue weighted by atomic mass is 16.5. The van der Waals surface area contributed by atoms with Gasteiger partial charge in [-0.2, -0.15) is 9.50 Å². The molecule has 0 atom stereocenters. The standard InChI is InChI=1S/C22H21N5O3/c1-14-6-4-7-16(10-14)21-24-22-26(15(2)11-20(29)27(22)25-21)13-19(28)23-17-8-5-9-18(12-17)30-3/h4-12H,13H2,1-3H3,(H,23,28). The molecule has 0 spiro atoms. The van der Waals surface area contributed by atoms with Crippen molar-refractivity contribution in [3.63, 3.8) is 0 Å². The van der Waals surface area contributed by atoms with Crippen LogP contribution in [0.3, 0.4) is 0 Å². The molecule has 0 saturated heterocycles. The van der Waals surface area contributed by atoms with Crippen molar-refractivity contribution in [2.75, 3.05) is 12.4 Å². The summed E-state index contributed by atoms with van der Waals surface area (Å²) in [7, 11) is 1.57. The van der Waals surface area contributed by atoms with Gasteiger partial charge in [0, 0.05) is 29.1 Å². The van der Waals surface area contributed by atoms with Gasteiger partial charge in [0.05, 0.1) is 7.11 Å². The van der Waals surface area contributed by atoms with Gasteiger partial charge in [0.1, 0.15) is 12.3 Å². The molecule has 2 aromatic carbocycles. The predicted molar refractivity (Wildman–Crippen MR) is 114 cm³/mol. The maximum atomic E-state index is 12.7. The molecule has 2 aromatic heterocycles. The van der Waals surface area contributed by atoms with Gasteiger partial charge < -0.3 is 14.6 Å². The zero-order chi connectivity index (χ0) is 21.3. The van der Waals surface area contributed by atoms with Gasteiger partial charge >= 0.3 is 0 Å². The Hall–Kier alpha value is -3.94. The molecule has 4 aromatic rings. The van der Waals surface area contributed by atoms with Crippen LogP contribution in [0.15, 0.2) is 59.4 Å². The van der Waals surface area contributed by atoms with Crippen molar-refractivity contribution in [3.8, 4) is 17.1 Å². The Morgan fingerprint density at radius 1 is 1.10 bits per heavy atom. The fourth-order valence-corrected chi connectivity index (χ4v) is 3.25. The first-order valence-corrected chi connectivity index (χ1v) is 9.43. The summed E-state index contributed by atoms with van der Waals surface area (Å²) in [5, 5.41) is 7.21. The van der Waals surface area contributed by atoms with Crippen molar-refractivity contribution in [2.24, 2.45) is 0 Å². The number of methoxy groups -OCH3 is 1. The largest absolute Gasteiger partial charge is 0.497 e. The number of rotatable bonds is 5. The Bertz CT molecular complexity index is 1310. The molecular formula is C22H21N5O3. The van der Waals surface area contributed by atoms with E-state index in [2.05, 4.69) is 15.4 Å². The fourth-order valence-electron chi connectivity index (χ4n) is 3.25. The highest BCUT2D eigenvalue weighted by Gasteiger charge is 2.16. The van der Waals surface area contributed by atoms with Gasteiger partial charge in [0.25, 0.3) is 5.56 Å². The summed E-state index contributed by atoms with van der Waals surface area (Å²) in [6.07, 6.45) is 0. The molecule has 0 unspecified atom stereocenters. The number of nitrogens with one attached hydrogen (secondary N) is 1. The summed E-state index contributed by atoms with van der Waals surface area (Å²) in [4.78, 5) is 29.7. The number of carbonyl (C=O) groups is 1. The molecule has 0 bridgehead atoms. The minimum Gasteiger partial charge on any atom is -0.497 e. The number of nitrogens with zero attached hydrogens (tertiary/aromatic N) is 4. The van der Waals surface area contributed by atoms with Gasteiger partial charge in [-0.3, -0.25) is 9.59 Å². The zero-order valence-electron chi connectivity index (χ0n) is 16.9. The third kappa shape index (κ3) is 3.80. The van der Waals surface area contributed by atoms with Gasteiger partial charge in [-0.05, 0) is 32.0 Å². The minimum atomic E-state index is -0.293. The second kappa shape index (κ2) is 7.82. The topological polar surface area (TPSA) is 90.5 Å². The van der Waals surface area contributed by atoms with Crippen LogP contribution in [0.25, 0.3) is 17.2 Å². The van der Waals surface area contributed by atoms with Crippen LogP contribution in [-0.4, -0.2) is 32.2 Å². The maximum absolute atomic E-state index is 12.7. The average molecular weight is 403 g/mol. The number of anilines is 1. The molecule has 0 saturated carbocycles. The first-order valence-electron chi connectivity index (χ1n) is 9.43. The molecule has 0 aliphatic carbocycles. The number of carbonyl (C=O) groups excluding carboxylic acids is 1. The van der Waals surface area contributed by atoms with E-state index in [0.717, 1.165) is 11.1 Å². The Morgan fingerprint density at radius 3 is 2.67 bits per heavy atom. The summed E-state index contributed by atoms with van der Waals surface area (Å²) in [6, 6.07) is 16.3. The summed E-state index contributed by atoms with van der Waals surface area (Å²) < 4.78 is 8.08. The van der Waals surface area contributed by atoms with Crippen LogP contribution in [0, 0.1) is 13.8 Å². The molecule has 8 heteroatoms. The van der Waals surface area contributed by atoms with Crippen LogP contribution in [0.1, 0.15) is 11.3 Å². The maximum Gasteiger partial charge on any atom is 0.275 e. The molecule has 0 aliphatic rings. The van der Waals surface area contributed by atoms with Gasteiger partial charge in [0.2, 0.25) is 11.7 Å². The summed E-state index contributed by atoms with van der Waals surface area (Å²) in [5.41, 5.74) is 2.82. The van der Waals surface area contributed by atoms with Gasteiger partial charge in [-0.15, -0.1) is 5.10 Å². The van der Waals surface area contributed by atoms with E-state index in [1.165, 1.54) is 10.6 Å². The van der Waals surface area contributed by atoms with Crippen LogP contribution < -0.4 is 15.6 Å². The number of ether oxygens (including phenoxy) is 1. The first-order chi connectivity index (χ1) is 14.4. The van der Waals surface area contributed by atoms with Gasteiger partial charge in [0.15, 0.2) is 5.82 Å². The summed E-state index contributed by atoms with van der Waals surface area (Å²) >= 11 is 0. The monoisotopic (exact) mass is 403 g/mol. The molecular weight excluding hydrogens is 382 g/mol. The van der Waals surface area contributed by atoms with E-state index in [1.807, 2.05) is 31.2 Å². The molecule has 30 heavy (non-hydrogen) atoms. The number of amides is 1. The summed E-state index contributed by atoms with van der Waals surface area (Å²) in [5.74, 6) is 1.15. The van der Waals surface area contributed by atoms with Crippen LogP contribution in [0.4, 0.5) is 5.69 Å². The first kappa shape index (κ1) is 19.4. The average Bonchev–Trinajstić information content (AvgIpc) is 3.17. The second-order valence-corrected chi connectivity index (χ2v) is 7.01. The van der Waals surface area contributed by atoms with Crippen molar-refractivity contribution in [2.45, 2.75) is 20.4 Å². The zero-order valence-corrected chi connectivity index (χ0v) is 16.9. The SMILES string of the molecule is COc1cccc(NC(=O)Cn2c(C)cc(=O)n3nc(-c4cccc(C)c4)nc23)c1. The normalized spacial score (nSPS) is 10.9. The number of fused-ring (bicyclic) bond motifs is 1. The lowest BCUT2D eigenvalue weighted by molar-refractivity contribution is -0.116. The van der Waals surface area contributed by atoms with E-state index < -0.39 is 0 Å². The Balaban J connectivity index is 1.69. The second-order valence-electron chi connectivity index (χ2n) is 7.01. The quantitative estimate of drug-likeness (QED) is 0.553. The van der Waals surface area contributed by atoms with Gasteiger partial charge in [-0.1, -0.05) is 29.8 Å². The van der Waals surface area contributed by atoms with Crippen LogP contribution >= 0.6 is 0 Å². The molecule has 0 aliphatic heterocycles. The lowest BCUT2D eigenvalue weighted by Gasteiger charge is -2.12. The van der Waals surface area contributed by atoms with Crippen molar-refractivity contribution >= 4 is 17.4 Å². The Labute approximate surface area is 172 Å². The van der Waals surface area contributed by atoms with Gasteiger partial charge in [-0.25, -0.2) is 0 Å². The van der Waals surface area contributed by atoms with Crippen molar-refractivity contribution in [3.05, 3.63) is 76.2 Å². The molecule has 1 amide bonds. The molecule has 152 valence electrons. The van der Waals surface area contributed by atoms with E-state index in [-0.39, 0.29) is 18.0 Å². The van der Waals surface area contributed by atoms with E-state index in [1.54, 1.807) is 42.9 Å². The molecule has 4 rings (SSSR count). The van der Waals surface area contributed by atoms with E-state index in [4.69, 9.17) is 4.74 Å². The predicted octanol–water partition coefficient (Wildman–Crippen LogP) is 2.82.